The lowest BCUT2D eigenvalue weighted by Crippen LogP contribution is -2.42. The van der Waals surface area contributed by atoms with Crippen molar-refractivity contribution in [3.05, 3.63) is 65.2 Å². The van der Waals surface area contributed by atoms with E-state index >= 15 is 0 Å². The fraction of sp³-hybridized carbons (Fsp3) is 0.333. The normalized spacial score (nSPS) is 18.1. The van der Waals surface area contributed by atoms with Crippen LogP contribution in [0, 0.1) is 6.92 Å². The Bertz CT molecular complexity index is 1040. The van der Waals surface area contributed by atoms with Gasteiger partial charge in [0.05, 0.1) is 5.52 Å². The summed E-state index contributed by atoms with van der Waals surface area (Å²) in [7, 11) is 0. The van der Waals surface area contributed by atoms with Crippen LogP contribution < -0.4 is 15.4 Å². The first-order valence-corrected chi connectivity index (χ1v) is 10.8. The summed E-state index contributed by atoms with van der Waals surface area (Å²) >= 11 is 5.93. The zero-order valence-electron chi connectivity index (χ0n) is 17.4. The number of carbonyl (C=O) groups is 1. The highest BCUT2D eigenvalue weighted by Crippen LogP contribution is 2.25. The van der Waals surface area contributed by atoms with E-state index in [1.165, 1.54) is 10.9 Å². The van der Waals surface area contributed by atoms with Gasteiger partial charge >= 0.3 is 0 Å². The van der Waals surface area contributed by atoms with Crippen LogP contribution in [0.2, 0.25) is 5.02 Å². The lowest BCUT2D eigenvalue weighted by atomic mass is 9.91. The van der Waals surface area contributed by atoms with E-state index in [2.05, 4.69) is 29.7 Å². The van der Waals surface area contributed by atoms with Gasteiger partial charge in [-0.2, -0.15) is 0 Å². The van der Waals surface area contributed by atoms with Gasteiger partial charge in [-0.15, -0.1) is 12.4 Å². The van der Waals surface area contributed by atoms with Gasteiger partial charge in [0.15, 0.2) is 6.61 Å². The molecule has 0 aliphatic heterocycles. The Hall–Kier alpha value is -2.50. The number of nitrogens with zero attached hydrogens (tertiary/aromatic N) is 1. The van der Waals surface area contributed by atoms with Gasteiger partial charge in [0, 0.05) is 22.5 Å². The molecule has 2 N–H and O–H groups in total. The van der Waals surface area contributed by atoms with E-state index in [1.54, 1.807) is 24.3 Å². The van der Waals surface area contributed by atoms with Crippen molar-refractivity contribution in [1.29, 1.82) is 0 Å². The van der Waals surface area contributed by atoms with Gasteiger partial charge in [-0.05, 0) is 68.5 Å². The summed E-state index contributed by atoms with van der Waals surface area (Å²) in [6.45, 7) is 2.12. The number of hydrogen-bond donors (Lipinski definition) is 2. The van der Waals surface area contributed by atoms with E-state index < -0.39 is 0 Å². The van der Waals surface area contributed by atoms with Crippen molar-refractivity contribution >= 4 is 46.6 Å². The van der Waals surface area contributed by atoms with Gasteiger partial charge in [0.2, 0.25) is 0 Å². The number of anilines is 1. The van der Waals surface area contributed by atoms with Crippen LogP contribution in [-0.4, -0.2) is 29.6 Å². The number of hydrogen-bond acceptors (Lipinski definition) is 4. The highest BCUT2D eigenvalue weighted by atomic mass is 35.5. The molecular weight excluding hydrogens is 433 g/mol. The number of ether oxygens (including phenoxy) is 1. The van der Waals surface area contributed by atoms with Crippen molar-refractivity contribution in [2.24, 2.45) is 0 Å². The molecule has 0 atom stereocenters. The Morgan fingerprint density at radius 3 is 2.58 bits per heavy atom. The fourth-order valence-corrected chi connectivity index (χ4v) is 4.17. The maximum Gasteiger partial charge on any atom is 0.258 e. The number of amides is 1. The largest absolute Gasteiger partial charge is 0.484 e. The molecule has 1 fully saturated rings. The maximum atomic E-state index is 12.2. The standard InChI is InChI=1S/C24H26ClN3O2.ClH/c1-16-13-23(28-22-8-3-2-7-21(16)22)26-18-9-11-19(12-10-18)27-24(29)15-30-20-6-4-5-17(25)14-20;/h2-8,13-14,18-19H,9-12,15H2,1H3,(H,26,28)(H,27,29);1H/t18-,19+;. The summed E-state index contributed by atoms with van der Waals surface area (Å²) in [5, 5.41) is 8.44. The second-order valence-electron chi connectivity index (χ2n) is 7.85. The molecule has 1 aliphatic rings. The number of para-hydroxylation sites is 1. The Morgan fingerprint density at radius 2 is 1.81 bits per heavy atom. The molecule has 0 spiro atoms. The third-order valence-electron chi connectivity index (χ3n) is 5.53. The zero-order chi connectivity index (χ0) is 20.9. The van der Waals surface area contributed by atoms with Crippen LogP contribution in [0.4, 0.5) is 5.82 Å². The summed E-state index contributed by atoms with van der Waals surface area (Å²) in [4.78, 5) is 17.0. The Balaban J connectivity index is 0.00000272. The van der Waals surface area contributed by atoms with Gasteiger partial charge in [-0.1, -0.05) is 35.9 Å². The van der Waals surface area contributed by atoms with E-state index in [1.807, 2.05) is 18.2 Å². The minimum Gasteiger partial charge on any atom is -0.484 e. The van der Waals surface area contributed by atoms with Gasteiger partial charge in [-0.25, -0.2) is 4.98 Å². The van der Waals surface area contributed by atoms with Crippen LogP contribution in [0.25, 0.3) is 10.9 Å². The van der Waals surface area contributed by atoms with Gasteiger partial charge in [0.25, 0.3) is 5.91 Å². The number of aryl methyl sites for hydroxylation is 1. The Kier molecular flexibility index (Phi) is 7.99. The van der Waals surface area contributed by atoms with E-state index in [-0.39, 0.29) is 31.0 Å². The van der Waals surface area contributed by atoms with Crippen LogP contribution >= 0.6 is 24.0 Å². The van der Waals surface area contributed by atoms with Gasteiger partial charge < -0.3 is 15.4 Å². The van der Waals surface area contributed by atoms with Crippen molar-refractivity contribution in [3.63, 3.8) is 0 Å². The number of pyridine rings is 1. The number of benzene rings is 2. The van der Waals surface area contributed by atoms with Crippen molar-refractivity contribution in [3.8, 4) is 5.75 Å². The highest BCUT2D eigenvalue weighted by molar-refractivity contribution is 6.30. The van der Waals surface area contributed by atoms with E-state index in [0.29, 0.717) is 16.8 Å². The topological polar surface area (TPSA) is 63.2 Å². The molecule has 0 radical (unpaired) electrons. The van der Waals surface area contributed by atoms with Crippen LogP contribution in [0.5, 0.6) is 5.75 Å². The van der Waals surface area contributed by atoms with E-state index in [0.717, 1.165) is 37.0 Å². The number of aromatic nitrogens is 1. The van der Waals surface area contributed by atoms with Crippen molar-refractivity contribution in [2.75, 3.05) is 11.9 Å². The molecule has 164 valence electrons. The molecule has 0 unspecified atom stereocenters. The monoisotopic (exact) mass is 459 g/mol. The summed E-state index contributed by atoms with van der Waals surface area (Å²) in [6, 6.07) is 17.9. The first-order valence-electron chi connectivity index (χ1n) is 10.4. The fourth-order valence-electron chi connectivity index (χ4n) is 3.99. The minimum absolute atomic E-state index is 0. The molecule has 1 aromatic heterocycles. The molecule has 1 heterocycles. The quantitative estimate of drug-likeness (QED) is 0.507. The molecule has 1 amide bonds. The lowest BCUT2D eigenvalue weighted by Gasteiger charge is -2.30. The van der Waals surface area contributed by atoms with Crippen molar-refractivity contribution in [1.82, 2.24) is 10.3 Å². The molecule has 7 heteroatoms. The van der Waals surface area contributed by atoms with Crippen molar-refractivity contribution in [2.45, 2.75) is 44.7 Å². The molecule has 31 heavy (non-hydrogen) atoms. The van der Waals surface area contributed by atoms with E-state index in [9.17, 15) is 4.79 Å². The molecule has 1 aliphatic carbocycles. The summed E-state index contributed by atoms with van der Waals surface area (Å²) in [6.07, 6.45) is 3.86. The Morgan fingerprint density at radius 1 is 1.06 bits per heavy atom. The molecule has 4 rings (SSSR count). The second-order valence-corrected chi connectivity index (χ2v) is 8.28. The molecule has 5 nitrogen and oxygen atoms in total. The van der Waals surface area contributed by atoms with E-state index in [4.69, 9.17) is 21.3 Å². The molecule has 3 aromatic rings. The average molecular weight is 460 g/mol. The predicted molar refractivity (Wildman–Crippen MR) is 128 cm³/mol. The Labute approximate surface area is 193 Å². The molecule has 2 aromatic carbocycles. The number of nitrogens with one attached hydrogen (secondary N) is 2. The van der Waals surface area contributed by atoms with Gasteiger partial charge in [0.1, 0.15) is 11.6 Å². The van der Waals surface area contributed by atoms with Crippen LogP contribution in [0.15, 0.2) is 54.6 Å². The predicted octanol–water partition coefficient (Wildman–Crippen LogP) is 5.54. The molecular formula is C24H27Cl2N3O2. The number of carbonyl (C=O) groups excluding carboxylic acids is 1. The maximum absolute atomic E-state index is 12.2. The van der Waals surface area contributed by atoms with Gasteiger partial charge in [-0.3, -0.25) is 4.79 Å². The molecule has 0 bridgehead atoms. The summed E-state index contributed by atoms with van der Waals surface area (Å²) < 4.78 is 5.52. The molecule has 1 saturated carbocycles. The third-order valence-corrected chi connectivity index (χ3v) is 5.77. The summed E-state index contributed by atoms with van der Waals surface area (Å²) in [5.41, 5.74) is 2.24. The molecule has 0 saturated heterocycles. The third kappa shape index (κ3) is 6.25. The summed E-state index contributed by atoms with van der Waals surface area (Å²) in [5.74, 6) is 1.43. The number of halogens is 2. The van der Waals surface area contributed by atoms with Crippen molar-refractivity contribution < 1.29 is 9.53 Å². The number of rotatable bonds is 6. The van der Waals surface area contributed by atoms with Crippen LogP contribution in [0.3, 0.4) is 0 Å². The second kappa shape index (κ2) is 10.7. The SMILES string of the molecule is Cc1cc(N[C@H]2CC[C@@H](NC(=O)COc3cccc(Cl)c3)CC2)nc2ccccc12.Cl. The lowest BCUT2D eigenvalue weighted by molar-refractivity contribution is -0.124. The number of fused-ring (bicyclic) bond motifs is 1. The average Bonchev–Trinajstić information content (AvgIpc) is 2.74. The first-order chi connectivity index (χ1) is 14.6. The highest BCUT2D eigenvalue weighted by Gasteiger charge is 2.23. The first kappa shape index (κ1) is 23.2. The minimum atomic E-state index is -0.0989. The zero-order valence-corrected chi connectivity index (χ0v) is 19.0. The van der Waals surface area contributed by atoms with Crippen LogP contribution in [-0.2, 0) is 4.79 Å². The van der Waals surface area contributed by atoms with Crippen LogP contribution in [0.1, 0.15) is 31.2 Å². The smallest absolute Gasteiger partial charge is 0.258 e.